The number of thiophene rings is 1. The van der Waals surface area contributed by atoms with E-state index in [1.54, 1.807) is 13.8 Å². The van der Waals surface area contributed by atoms with Crippen LogP contribution in [0.2, 0.25) is 0 Å². The number of H-pyrrole nitrogens is 1. The van der Waals surface area contributed by atoms with Crippen LogP contribution in [0.1, 0.15) is 30.2 Å². The monoisotopic (exact) mass is 445 g/mol. The van der Waals surface area contributed by atoms with Gasteiger partial charge < -0.3 is 0 Å². The van der Waals surface area contributed by atoms with Gasteiger partial charge in [0, 0.05) is 4.88 Å². The molecule has 0 amide bonds. The van der Waals surface area contributed by atoms with E-state index in [1.807, 2.05) is 0 Å². The molecule has 1 aliphatic rings. The minimum Gasteiger partial charge on any atom is -0.295 e. The van der Waals surface area contributed by atoms with Crippen molar-refractivity contribution in [3.8, 4) is 0 Å². The highest BCUT2D eigenvalue weighted by molar-refractivity contribution is 7.18. The summed E-state index contributed by atoms with van der Waals surface area (Å²) in [6, 6.07) is 0. The first-order valence-corrected chi connectivity index (χ1v) is 9.93. The van der Waals surface area contributed by atoms with Crippen LogP contribution in [0, 0.1) is 6.92 Å². The molecule has 0 bridgehead atoms. The molecule has 1 aliphatic carbocycles. The van der Waals surface area contributed by atoms with Crippen LogP contribution in [0.3, 0.4) is 0 Å². The van der Waals surface area contributed by atoms with Crippen molar-refractivity contribution >= 4 is 21.6 Å². The zero-order valence-corrected chi connectivity index (χ0v) is 16.9. The Kier molecular flexibility index (Phi) is 4.77. The first-order chi connectivity index (χ1) is 14.0. The molecule has 0 aromatic carbocycles. The summed E-state index contributed by atoms with van der Waals surface area (Å²) in [5.74, 6) is 0. The van der Waals surface area contributed by atoms with Crippen LogP contribution >= 0.6 is 11.3 Å². The summed E-state index contributed by atoms with van der Waals surface area (Å²) in [5.41, 5.74) is -1.66. The summed E-state index contributed by atoms with van der Waals surface area (Å²) in [7, 11) is 0. The second kappa shape index (κ2) is 6.94. The van der Waals surface area contributed by atoms with E-state index in [4.69, 9.17) is 0 Å². The number of hydrogen-bond donors (Lipinski definition) is 1. The van der Waals surface area contributed by atoms with E-state index in [-0.39, 0.29) is 23.3 Å². The average Bonchev–Trinajstić information content (AvgIpc) is 3.10. The summed E-state index contributed by atoms with van der Waals surface area (Å²) in [4.78, 5) is 41.3. The van der Waals surface area contributed by atoms with Crippen LogP contribution in [-0.4, -0.2) is 36.9 Å². The number of aromatic amines is 1. The number of halogens is 3. The highest BCUT2D eigenvalue weighted by Crippen LogP contribution is 2.41. The van der Waals surface area contributed by atoms with E-state index in [9.17, 15) is 27.6 Å². The predicted molar refractivity (Wildman–Crippen MR) is 102 cm³/mol. The third-order valence-corrected chi connectivity index (χ3v) is 6.62. The van der Waals surface area contributed by atoms with Crippen molar-refractivity contribution < 1.29 is 17.9 Å². The SMILES string of the molecule is Cc1c(Cn2nc[nH]c2=O)sc2c1c(=O)n(C1(C)CC1)c(=O)n2CCOC(F)(F)F. The first kappa shape index (κ1) is 20.6. The van der Waals surface area contributed by atoms with Gasteiger partial charge in [-0.1, -0.05) is 0 Å². The predicted octanol–water partition coefficient (Wildman–Crippen LogP) is 1.51. The van der Waals surface area contributed by atoms with Crippen LogP contribution in [0.25, 0.3) is 10.2 Å². The molecular formula is C17H18F3N5O4S. The van der Waals surface area contributed by atoms with E-state index in [2.05, 4.69) is 14.8 Å². The molecule has 0 unspecified atom stereocenters. The van der Waals surface area contributed by atoms with E-state index >= 15 is 0 Å². The van der Waals surface area contributed by atoms with Crippen molar-refractivity contribution in [2.75, 3.05) is 6.61 Å². The molecule has 3 aromatic heterocycles. The van der Waals surface area contributed by atoms with Gasteiger partial charge in [0.25, 0.3) is 5.56 Å². The lowest BCUT2D eigenvalue weighted by molar-refractivity contribution is -0.325. The van der Waals surface area contributed by atoms with Crippen molar-refractivity contribution in [3.05, 3.63) is 48.1 Å². The number of aromatic nitrogens is 5. The molecule has 9 nitrogen and oxygen atoms in total. The number of hydrogen-bond acceptors (Lipinski definition) is 6. The number of rotatable bonds is 6. The largest absolute Gasteiger partial charge is 0.522 e. The standard InChI is InChI=1S/C17H18F3N5O4S/c1-9-10(7-24-14(27)21-8-22-24)30-13-11(9)12(26)25(16(2)3-4-16)15(28)23(13)5-6-29-17(18,19)20/h8H,3-7H2,1-2H3,(H,21,22,27). The van der Waals surface area contributed by atoms with Gasteiger partial charge in [0.05, 0.1) is 30.6 Å². The fourth-order valence-electron chi connectivity index (χ4n) is 3.40. The van der Waals surface area contributed by atoms with E-state index in [1.165, 1.54) is 6.33 Å². The second-order valence-corrected chi connectivity index (χ2v) is 8.53. The van der Waals surface area contributed by atoms with Crippen LogP contribution in [0.15, 0.2) is 20.7 Å². The lowest BCUT2D eigenvalue weighted by Gasteiger charge is -2.17. The van der Waals surface area contributed by atoms with Gasteiger partial charge in [-0.15, -0.1) is 24.5 Å². The van der Waals surface area contributed by atoms with Gasteiger partial charge in [-0.25, -0.2) is 14.3 Å². The van der Waals surface area contributed by atoms with Gasteiger partial charge >= 0.3 is 17.7 Å². The van der Waals surface area contributed by atoms with Gasteiger partial charge in [0.1, 0.15) is 11.2 Å². The fraction of sp³-hybridized carbons (Fsp3) is 0.529. The molecule has 4 rings (SSSR count). The molecule has 1 fully saturated rings. The third-order valence-electron chi connectivity index (χ3n) is 5.32. The Labute approximate surface area is 170 Å². The number of aryl methyl sites for hydroxylation is 1. The van der Waals surface area contributed by atoms with Gasteiger partial charge in [0.15, 0.2) is 0 Å². The molecule has 0 saturated heterocycles. The zero-order chi connectivity index (χ0) is 21.8. The topological polar surface area (TPSA) is 104 Å². The molecule has 0 spiro atoms. The maximum atomic E-state index is 13.2. The van der Waals surface area contributed by atoms with Crippen molar-refractivity contribution in [1.29, 1.82) is 0 Å². The third kappa shape index (κ3) is 3.51. The molecule has 0 aliphatic heterocycles. The van der Waals surface area contributed by atoms with E-state index in [0.717, 1.165) is 25.2 Å². The molecule has 30 heavy (non-hydrogen) atoms. The molecule has 13 heteroatoms. The van der Waals surface area contributed by atoms with Crippen LogP contribution in [-0.2, 0) is 23.4 Å². The number of ether oxygens (including phenoxy) is 1. The van der Waals surface area contributed by atoms with Gasteiger partial charge in [0.2, 0.25) is 0 Å². The molecule has 1 N–H and O–H groups in total. The van der Waals surface area contributed by atoms with E-state index < -0.39 is 35.4 Å². The quantitative estimate of drug-likeness (QED) is 0.620. The van der Waals surface area contributed by atoms with Gasteiger partial charge in [-0.3, -0.25) is 23.6 Å². The summed E-state index contributed by atoms with van der Waals surface area (Å²) in [6.45, 7) is 2.39. The molecule has 0 atom stereocenters. The van der Waals surface area contributed by atoms with Gasteiger partial charge in [-0.05, 0) is 32.3 Å². The first-order valence-electron chi connectivity index (χ1n) is 9.11. The smallest absolute Gasteiger partial charge is 0.295 e. The molecule has 3 aromatic rings. The molecular weight excluding hydrogens is 427 g/mol. The van der Waals surface area contributed by atoms with Crippen molar-refractivity contribution in [3.63, 3.8) is 0 Å². The maximum absolute atomic E-state index is 13.2. The molecule has 162 valence electrons. The van der Waals surface area contributed by atoms with Crippen molar-refractivity contribution in [2.45, 2.75) is 51.7 Å². The van der Waals surface area contributed by atoms with Crippen molar-refractivity contribution in [1.82, 2.24) is 23.9 Å². The van der Waals surface area contributed by atoms with Crippen LogP contribution < -0.4 is 16.9 Å². The summed E-state index contributed by atoms with van der Waals surface area (Å²) >= 11 is 1.08. The Balaban J connectivity index is 1.88. The molecule has 0 radical (unpaired) electrons. The lowest BCUT2D eigenvalue weighted by Crippen LogP contribution is -2.45. The lowest BCUT2D eigenvalue weighted by atomic mass is 10.2. The molecule has 1 saturated carbocycles. The van der Waals surface area contributed by atoms with Crippen molar-refractivity contribution in [2.24, 2.45) is 0 Å². The number of nitrogens with zero attached hydrogens (tertiary/aromatic N) is 4. The fourth-order valence-corrected chi connectivity index (χ4v) is 4.70. The molecule has 3 heterocycles. The normalized spacial score (nSPS) is 15.8. The van der Waals surface area contributed by atoms with Crippen LogP contribution in [0.4, 0.5) is 13.2 Å². The minimum absolute atomic E-state index is 0.0669. The second-order valence-electron chi connectivity index (χ2n) is 7.45. The van der Waals surface area contributed by atoms with E-state index in [0.29, 0.717) is 23.3 Å². The Bertz CT molecular complexity index is 1290. The summed E-state index contributed by atoms with van der Waals surface area (Å²) in [5, 5.41) is 4.15. The number of alkyl halides is 3. The Morgan fingerprint density at radius 2 is 2.00 bits per heavy atom. The highest BCUT2D eigenvalue weighted by Gasteiger charge is 2.43. The number of fused-ring (bicyclic) bond motifs is 1. The summed E-state index contributed by atoms with van der Waals surface area (Å²) in [6.07, 6.45) is -2.33. The minimum atomic E-state index is -4.82. The Morgan fingerprint density at radius 1 is 1.30 bits per heavy atom. The van der Waals surface area contributed by atoms with Crippen LogP contribution in [0.5, 0.6) is 0 Å². The highest BCUT2D eigenvalue weighted by atomic mass is 32.1. The average molecular weight is 445 g/mol. The zero-order valence-electron chi connectivity index (χ0n) is 16.1. The Morgan fingerprint density at radius 3 is 2.57 bits per heavy atom. The Hall–Kier alpha value is -2.67. The maximum Gasteiger partial charge on any atom is 0.522 e. The summed E-state index contributed by atoms with van der Waals surface area (Å²) < 4.78 is 44.6. The van der Waals surface area contributed by atoms with Gasteiger partial charge in [-0.2, -0.15) is 5.10 Å². The number of nitrogens with one attached hydrogen (secondary N) is 1.